The van der Waals surface area contributed by atoms with Gasteiger partial charge in [0.25, 0.3) is 0 Å². The zero-order valence-corrected chi connectivity index (χ0v) is 25.6. The molecular formula is C33H49NO8. The van der Waals surface area contributed by atoms with E-state index in [9.17, 15) is 14.7 Å². The number of carbonyl (C=O) groups excluding carboxylic acids is 2. The van der Waals surface area contributed by atoms with Gasteiger partial charge < -0.3 is 33.7 Å². The van der Waals surface area contributed by atoms with E-state index in [0.717, 1.165) is 50.5 Å². The van der Waals surface area contributed by atoms with Gasteiger partial charge in [0.1, 0.15) is 24.9 Å². The van der Waals surface area contributed by atoms with Gasteiger partial charge in [-0.25, -0.2) is 4.79 Å². The van der Waals surface area contributed by atoms with E-state index in [1.54, 1.807) is 24.2 Å². The Morgan fingerprint density at radius 2 is 1.71 bits per heavy atom. The second kappa shape index (κ2) is 17.2. The average molecular weight is 588 g/mol. The molecule has 9 heteroatoms. The number of benzene rings is 1. The molecule has 42 heavy (non-hydrogen) atoms. The molecule has 1 aromatic carbocycles. The van der Waals surface area contributed by atoms with Crippen LogP contribution in [0.3, 0.4) is 0 Å². The summed E-state index contributed by atoms with van der Waals surface area (Å²) in [6, 6.07) is 3.04. The van der Waals surface area contributed by atoms with Crippen LogP contribution < -0.4 is 14.2 Å². The Hall–Kier alpha value is -3.04. The van der Waals surface area contributed by atoms with E-state index < -0.39 is 18.1 Å². The largest absolute Gasteiger partial charge is 0.493 e. The first kappa shape index (κ1) is 33.5. The minimum atomic E-state index is -0.872. The number of esters is 1. The second-order valence-corrected chi connectivity index (χ2v) is 11.2. The number of likely N-dealkylation sites (tertiary alicyclic amines) is 1. The Morgan fingerprint density at radius 1 is 1.00 bits per heavy atom. The number of aliphatic hydroxyl groups excluding tert-OH is 1. The number of carbonyl (C=O) groups is 2. The van der Waals surface area contributed by atoms with Gasteiger partial charge in [0.05, 0.1) is 33.4 Å². The molecule has 0 spiro atoms. The highest BCUT2D eigenvalue weighted by atomic mass is 16.5. The molecule has 3 rings (SSSR count). The van der Waals surface area contributed by atoms with Crippen molar-refractivity contribution >= 4 is 11.9 Å². The number of amides is 1. The lowest BCUT2D eigenvalue weighted by atomic mass is 9.75. The van der Waals surface area contributed by atoms with Crippen LogP contribution in [0.1, 0.15) is 76.2 Å². The number of piperidine rings is 1. The van der Waals surface area contributed by atoms with Crippen LogP contribution in [0.2, 0.25) is 0 Å². The standard InChI is InChI=1S/C33H49NO8/c1-6-13-23(3)42-33(37)27-16-11-12-17-34(27)32(36)30(24-14-9-8-10-15-24)25-19-28(38-4)31(39-5)29(20-25)41-22-26(35)21-40-18-7-2/h6-7,19-20,23-24,26-27,30,35H,1-2,8-18,21-22H2,3-5H3/t23-,26+,27+,30+/m1/s1. The summed E-state index contributed by atoms with van der Waals surface area (Å²) in [6.07, 6.45) is 10.1. The van der Waals surface area contributed by atoms with E-state index >= 15 is 0 Å². The van der Waals surface area contributed by atoms with Crippen molar-refractivity contribution in [2.75, 3.05) is 40.6 Å². The summed E-state index contributed by atoms with van der Waals surface area (Å²) in [4.78, 5) is 29.5. The summed E-state index contributed by atoms with van der Waals surface area (Å²) in [5, 5.41) is 10.4. The highest BCUT2D eigenvalue weighted by Gasteiger charge is 2.41. The Kier molecular flexibility index (Phi) is 13.7. The van der Waals surface area contributed by atoms with Crippen LogP contribution in [0.15, 0.2) is 37.4 Å². The zero-order valence-electron chi connectivity index (χ0n) is 25.6. The number of hydrogen-bond acceptors (Lipinski definition) is 8. The van der Waals surface area contributed by atoms with Crippen molar-refractivity contribution in [1.29, 1.82) is 0 Å². The van der Waals surface area contributed by atoms with Gasteiger partial charge in [-0.1, -0.05) is 31.4 Å². The van der Waals surface area contributed by atoms with Crippen molar-refractivity contribution in [3.63, 3.8) is 0 Å². The molecule has 9 nitrogen and oxygen atoms in total. The summed E-state index contributed by atoms with van der Waals surface area (Å²) in [6.45, 7) is 10.1. The molecule has 234 valence electrons. The van der Waals surface area contributed by atoms with E-state index in [2.05, 4.69) is 13.2 Å². The molecule has 1 heterocycles. The first-order valence-corrected chi connectivity index (χ1v) is 15.2. The van der Waals surface area contributed by atoms with E-state index in [-0.39, 0.29) is 37.1 Å². The smallest absolute Gasteiger partial charge is 0.329 e. The fourth-order valence-electron chi connectivity index (χ4n) is 6.02. The molecule has 0 bridgehead atoms. The van der Waals surface area contributed by atoms with Crippen molar-refractivity contribution in [2.45, 2.75) is 88.9 Å². The fourth-order valence-corrected chi connectivity index (χ4v) is 6.02. The van der Waals surface area contributed by atoms with Gasteiger partial charge in [-0.2, -0.15) is 0 Å². The number of methoxy groups -OCH3 is 2. The van der Waals surface area contributed by atoms with E-state index in [4.69, 9.17) is 23.7 Å². The maximum Gasteiger partial charge on any atom is 0.329 e. The molecule has 0 radical (unpaired) electrons. The van der Waals surface area contributed by atoms with Gasteiger partial charge >= 0.3 is 5.97 Å². The highest BCUT2D eigenvalue weighted by molar-refractivity contribution is 5.89. The van der Waals surface area contributed by atoms with Crippen molar-refractivity contribution in [2.24, 2.45) is 5.92 Å². The number of ether oxygens (including phenoxy) is 5. The summed E-state index contributed by atoms with van der Waals surface area (Å²) >= 11 is 0. The van der Waals surface area contributed by atoms with Crippen LogP contribution in [-0.4, -0.2) is 80.7 Å². The van der Waals surface area contributed by atoms with E-state index in [1.807, 2.05) is 19.1 Å². The van der Waals surface area contributed by atoms with E-state index in [1.165, 1.54) is 7.11 Å². The molecule has 0 unspecified atom stereocenters. The fraction of sp³-hybridized carbons (Fsp3) is 0.636. The Labute approximate surface area is 250 Å². The van der Waals surface area contributed by atoms with Crippen LogP contribution >= 0.6 is 0 Å². The molecule has 1 amide bonds. The van der Waals surface area contributed by atoms with E-state index in [0.29, 0.717) is 43.2 Å². The second-order valence-electron chi connectivity index (χ2n) is 11.2. The van der Waals surface area contributed by atoms with Crippen LogP contribution in [-0.2, 0) is 19.1 Å². The monoisotopic (exact) mass is 587 g/mol. The molecule has 1 aliphatic carbocycles. The van der Waals surface area contributed by atoms with Gasteiger partial charge in [0.15, 0.2) is 11.5 Å². The Balaban J connectivity index is 1.96. The lowest BCUT2D eigenvalue weighted by molar-refractivity contribution is -0.161. The van der Waals surface area contributed by atoms with Crippen LogP contribution in [0.5, 0.6) is 17.2 Å². The van der Waals surface area contributed by atoms with Gasteiger partial charge in [0, 0.05) is 13.0 Å². The third-order valence-corrected chi connectivity index (χ3v) is 8.06. The number of rotatable bonds is 16. The van der Waals surface area contributed by atoms with Crippen LogP contribution in [0.25, 0.3) is 0 Å². The molecule has 2 aliphatic rings. The van der Waals surface area contributed by atoms with Gasteiger partial charge in [-0.15, -0.1) is 13.2 Å². The summed E-state index contributed by atoms with van der Waals surface area (Å²) < 4.78 is 28.4. The molecule has 1 saturated heterocycles. The van der Waals surface area contributed by atoms with Crippen LogP contribution in [0, 0.1) is 5.92 Å². The minimum Gasteiger partial charge on any atom is -0.493 e. The first-order chi connectivity index (χ1) is 20.3. The molecule has 2 fully saturated rings. The van der Waals surface area contributed by atoms with Crippen molar-refractivity contribution in [3.8, 4) is 17.2 Å². The molecular weight excluding hydrogens is 538 g/mol. The average Bonchev–Trinajstić information content (AvgIpc) is 3.00. The quantitative estimate of drug-likeness (QED) is 0.160. The molecule has 1 aliphatic heterocycles. The Bertz CT molecular complexity index is 1040. The maximum absolute atomic E-state index is 14.5. The third-order valence-electron chi connectivity index (χ3n) is 8.06. The van der Waals surface area contributed by atoms with Crippen LogP contribution in [0.4, 0.5) is 0 Å². The molecule has 1 N–H and O–H groups in total. The van der Waals surface area contributed by atoms with Gasteiger partial charge in [-0.3, -0.25) is 4.79 Å². The van der Waals surface area contributed by atoms with Crippen molar-refractivity contribution in [3.05, 3.63) is 43.0 Å². The topological polar surface area (TPSA) is 104 Å². The zero-order chi connectivity index (χ0) is 30.5. The first-order valence-electron chi connectivity index (χ1n) is 15.2. The summed E-state index contributed by atoms with van der Waals surface area (Å²) in [5.41, 5.74) is 0.745. The highest BCUT2D eigenvalue weighted by Crippen LogP contribution is 2.45. The number of hydrogen-bond donors (Lipinski definition) is 1. The molecule has 1 saturated carbocycles. The predicted molar refractivity (Wildman–Crippen MR) is 161 cm³/mol. The Morgan fingerprint density at radius 3 is 2.38 bits per heavy atom. The minimum absolute atomic E-state index is 0.0366. The molecule has 1 aromatic rings. The van der Waals surface area contributed by atoms with Gasteiger partial charge in [0.2, 0.25) is 11.7 Å². The SMILES string of the molecule is C=CCOC[C@H](O)COc1cc([C@@H](C(=O)N2CCCC[C@H]2C(=O)O[C@H](C)CC=C)C2CCCCC2)cc(OC)c1OC. The number of nitrogens with zero attached hydrogens (tertiary/aromatic N) is 1. The maximum atomic E-state index is 14.5. The molecule has 4 atom stereocenters. The number of aliphatic hydroxyl groups is 1. The summed E-state index contributed by atoms with van der Waals surface area (Å²) in [5.74, 6) is 0.367. The van der Waals surface area contributed by atoms with Crippen molar-refractivity contribution < 1.29 is 38.4 Å². The van der Waals surface area contributed by atoms with Gasteiger partial charge in [-0.05, 0) is 62.6 Å². The normalized spacial score (nSPS) is 19.7. The predicted octanol–water partition coefficient (Wildman–Crippen LogP) is 5.20. The lowest BCUT2D eigenvalue weighted by Gasteiger charge is -2.39. The third kappa shape index (κ3) is 8.98. The molecule has 0 aromatic heterocycles. The van der Waals surface area contributed by atoms with Crippen molar-refractivity contribution in [1.82, 2.24) is 4.90 Å². The lowest BCUT2D eigenvalue weighted by Crippen LogP contribution is -2.51. The summed E-state index contributed by atoms with van der Waals surface area (Å²) in [7, 11) is 3.07.